The second-order valence-electron chi connectivity index (χ2n) is 7.59. The van der Waals surface area contributed by atoms with Crippen molar-refractivity contribution >= 4 is 17.6 Å². The highest BCUT2D eigenvalue weighted by Crippen LogP contribution is 2.30. The summed E-state index contributed by atoms with van der Waals surface area (Å²) in [6.45, 7) is 7.10. The van der Waals surface area contributed by atoms with Crippen molar-refractivity contribution in [2.45, 2.75) is 44.9 Å². The number of hydrogen-bond acceptors (Lipinski definition) is 4. The monoisotopic (exact) mass is 394 g/mol. The minimum Gasteiger partial charge on any atom is -0.339 e. The number of likely N-dealkylation sites (tertiary alicyclic amines) is 1. The third kappa shape index (κ3) is 4.40. The number of piperidine rings is 1. The van der Waals surface area contributed by atoms with Crippen LogP contribution in [0, 0.1) is 12.7 Å². The Morgan fingerprint density at radius 2 is 2.11 bits per heavy atom. The van der Waals surface area contributed by atoms with Crippen LogP contribution >= 0.6 is 11.6 Å². The lowest BCUT2D eigenvalue weighted by Crippen LogP contribution is -2.47. The largest absolute Gasteiger partial charge is 0.339 e. The standard InChI is InChI=1S/C19H24ClFN4O2/c1-12-23-17(27-24-12)13-7-9-25(10-8-13)18(26)22-11-19(2,3)14-5-4-6-15(20)16(14)21/h4-6,13H,7-11H2,1-3H3,(H,22,26). The summed E-state index contributed by atoms with van der Waals surface area (Å²) in [5.41, 5.74) is -0.0923. The molecule has 0 bridgehead atoms. The molecule has 1 N–H and O–H groups in total. The number of benzene rings is 1. The van der Waals surface area contributed by atoms with Gasteiger partial charge in [-0.05, 0) is 31.4 Å². The van der Waals surface area contributed by atoms with Gasteiger partial charge in [0.2, 0.25) is 5.89 Å². The second kappa shape index (κ2) is 7.84. The van der Waals surface area contributed by atoms with E-state index in [9.17, 15) is 9.18 Å². The Kier molecular flexibility index (Phi) is 5.69. The van der Waals surface area contributed by atoms with Crippen LogP contribution in [-0.2, 0) is 5.41 Å². The summed E-state index contributed by atoms with van der Waals surface area (Å²) in [6.07, 6.45) is 1.56. The van der Waals surface area contributed by atoms with Gasteiger partial charge in [0.15, 0.2) is 5.82 Å². The number of aromatic nitrogens is 2. The van der Waals surface area contributed by atoms with E-state index in [1.54, 1.807) is 24.0 Å². The molecule has 2 aromatic rings. The smallest absolute Gasteiger partial charge is 0.317 e. The van der Waals surface area contributed by atoms with Gasteiger partial charge in [-0.1, -0.05) is 42.7 Å². The van der Waals surface area contributed by atoms with Crippen LogP contribution in [0.2, 0.25) is 5.02 Å². The maximum Gasteiger partial charge on any atom is 0.317 e. The second-order valence-corrected chi connectivity index (χ2v) is 7.99. The van der Waals surface area contributed by atoms with Gasteiger partial charge in [-0.15, -0.1) is 0 Å². The Labute approximate surface area is 163 Å². The highest BCUT2D eigenvalue weighted by molar-refractivity contribution is 6.30. The molecule has 146 valence electrons. The molecule has 0 unspecified atom stereocenters. The number of amides is 2. The summed E-state index contributed by atoms with van der Waals surface area (Å²) in [5, 5.41) is 6.84. The average Bonchev–Trinajstić information content (AvgIpc) is 3.08. The molecule has 0 spiro atoms. The normalized spacial score (nSPS) is 15.8. The Morgan fingerprint density at radius 1 is 1.41 bits per heavy atom. The van der Waals surface area contributed by atoms with Crippen molar-refractivity contribution in [2.24, 2.45) is 0 Å². The van der Waals surface area contributed by atoms with Crippen molar-refractivity contribution in [1.29, 1.82) is 0 Å². The summed E-state index contributed by atoms with van der Waals surface area (Å²) < 4.78 is 19.5. The van der Waals surface area contributed by atoms with Crippen LogP contribution in [0.5, 0.6) is 0 Å². The summed E-state index contributed by atoms with van der Waals surface area (Å²) in [5.74, 6) is 1.02. The number of carbonyl (C=O) groups is 1. The van der Waals surface area contributed by atoms with E-state index in [0.717, 1.165) is 12.8 Å². The lowest BCUT2D eigenvalue weighted by molar-refractivity contribution is 0.173. The zero-order valence-corrected chi connectivity index (χ0v) is 16.5. The molecule has 0 atom stereocenters. The average molecular weight is 395 g/mol. The van der Waals surface area contributed by atoms with Gasteiger partial charge < -0.3 is 14.7 Å². The van der Waals surface area contributed by atoms with Crippen molar-refractivity contribution in [2.75, 3.05) is 19.6 Å². The van der Waals surface area contributed by atoms with E-state index in [4.69, 9.17) is 16.1 Å². The van der Waals surface area contributed by atoms with Crippen LogP contribution in [0.3, 0.4) is 0 Å². The fourth-order valence-electron chi connectivity index (χ4n) is 3.34. The number of nitrogens with one attached hydrogen (secondary N) is 1. The number of aryl methyl sites for hydroxylation is 1. The van der Waals surface area contributed by atoms with Crippen molar-refractivity contribution < 1.29 is 13.7 Å². The molecule has 1 fully saturated rings. The van der Waals surface area contributed by atoms with Crippen LogP contribution in [-0.4, -0.2) is 40.7 Å². The summed E-state index contributed by atoms with van der Waals surface area (Å²) in [7, 11) is 0. The van der Waals surface area contributed by atoms with E-state index in [1.165, 1.54) is 6.07 Å². The Bertz CT molecular complexity index is 816. The number of hydrogen-bond donors (Lipinski definition) is 1. The molecule has 2 amide bonds. The molecule has 8 heteroatoms. The van der Waals surface area contributed by atoms with Crippen LogP contribution in [0.1, 0.15) is 49.9 Å². The van der Waals surface area contributed by atoms with Gasteiger partial charge in [-0.3, -0.25) is 0 Å². The van der Waals surface area contributed by atoms with Gasteiger partial charge in [0.1, 0.15) is 5.82 Å². The van der Waals surface area contributed by atoms with E-state index in [0.29, 0.717) is 36.9 Å². The van der Waals surface area contributed by atoms with Crippen molar-refractivity contribution in [3.05, 3.63) is 46.3 Å². The summed E-state index contributed by atoms with van der Waals surface area (Å²) in [4.78, 5) is 18.6. The highest BCUT2D eigenvalue weighted by Gasteiger charge is 2.30. The Hall–Kier alpha value is -2.15. The molecule has 1 aliphatic heterocycles. The molecule has 1 saturated heterocycles. The first kappa shape index (κ1) is 19.6. The molecular formula is C19H24ClFN4O2. The van der Waals surface area contributed by atoms with E-state index in [1.807, 2.05) is 13.8 Å². The number of nitrogens with zero attached hydrogens (tertiary/aromatic N) is 3. The van der Waals surface area contributed by atoms with Gasteiger partial charge in [-0.2, -0.15) is 4.98 Å². The molecule has 3 rings (SSSR count). The third-order valence-electron chi connectivity index (χ3n) is 5.04. The third-order valence-corrected chi connectivity index (χ3v) is 5.33. The fourth-order valence-corrected chi connectivity index (χ4v) is 3.51. The topological polar surface area (TPSA) is 71.3 Å². The minimum atomic E-state index is -0.579. The van der Waals surface area contributed by atoms with Crippen LogP contribution in [0.15, 0.2) is 22.7 Å². The van der Waals surface area contributed by atoms with Gasteiger partial charge in [0, 0.05) is 31.0 Å². The van der Waals surface area contributed by atoms with Crippen LogP contribution in [0.25, 0.3) is 0 Å². The van der Waals surface area contributed by atoms with Crippen molar-refractivity contribution in [1.82, 2.24) is 20.4 Å². The molecule has 1 aromatic carbocycles. The first-order valence-corrected chi connectivity index (χ1v) is 9.43. The van der Waals surface area contributed by atoms with Gasteiger partial charge in [0.25, 0.3) is 0 Å². The molecule has 0 saturated carbocycles. The predicted molar refractivity (Wildman–Crippen MR) is 100 cm³/mol. The fraction of sp³-hybridized carbons (Fsp3) is 0.526. The van der Waals surface area contributed by atoms with Crippen molar-refractivity contribution in [3.63, 3.8) is 0 Å². The molecule has 6 nitrogen and oxygen atoms in total. The van der Waals surface area contributed by atoms with Gasteiger partial charge in [-0.25, -0.2) is 9.18 Å². The molecule has 1 aliphatic rings. The summed E-state index contributed by atoms with van der Waals surface area (Å²) in [6, 6.07) is 4.79. The molecule has 2 heterocycles. The van der Waals surface area contributed by atoms with E-state index in [-0.39, 0.29) is 17.0 Å². The number of urea groups is 1. The molecule has 0 aliphatic carbocycles. The Morgan fingerprint density at radius 3 is 2.74 bits per heavy atom. The minimum absolute atomic E-state index is 0.0882. The summed E-state index contributed by atoms with van der Waals surface area (Å²) >= 11 is 5.88. The first-order valence-electron chi connectivity index (χ1n) is 9.05. The Balaban J connectivity index is 1.54. The predicted octanol–water partition coefficient (Wildman–Crippen LogP) is 4.04. The molecule has 0 radical (unpaired) electrons. The number of halogens is 2. The zero-order chi connectivity index (χ0) is 19.6. The van der Waals surface area contributed by atoms with Gasteiger partial charge >= 0.3 is 6.03 Å². The van der Waals surface area contributed by atoms with Crippen molar-refractivity contribution in [3.8, 4) is 0 Å². The maximum absolute atomic E-state index is 14.3. The van der Waals surface area contributed by atoms with E-state index < -0.39 is 11.2 Å². The highest BCUT2D eigenvalue weighted by atomic mass is 35.5. The molecule has 1 aromatic heterocycles. The molecular weight excluding hydrogens is 371 g/mol. The van der Waals surface area contributed by atoms with Crippen LogP contribution in [0.4, 0.5) is 9.18 Å². The lowest BCUT2D eigenvalue weighted by atomic mass is 9.84. The zero-order valence-electron chi connectivity index (χ0n) is 15.8. The first-order chi connectivity index (χ1) is 12.8. The lowest BCUT2D eigenvalue weighted by Gasteiger charge is -2.32. The molecule has 27 heavy (non-hydrogen) atoms. The SMILES string of the molecule is Cc1noc(C2CCN(C(=O)NCC(C)(C)c3cccc(Cl)c3F)CC2)n1. The maximum atomic E-state index is 14.3. The van der Waals surface area contributed by atoms with E-state index >= 15 is 0 Å². The van der Waals surface area contributed by atoms with E-state index in [2.05, 4.69) is 15.5 Å². The number of carbonyl (C=O) groups excluding carboxylic acids is 1. The van der Waals surface area contributed by atoms with Gasteiger partial charge in [0.05, 0.1) is 5.02 Å². The number of rotatable bonds is 4. The quantitative estimate of drug-likeness (QED) is 0.849. The van der Waals surface area contributed by atoms with Crippen LogP contribution < -0.4 is 5.32 Å².